The van der Waals surface area contributed by atoms with E-state index in [9.17, 15) is 9.59 Å². The maximum absolute atomic E-state index is 12.4. The van der Waals surface area contributed by atoms with Gasteiger partial charge in [-0.3, -0.25) is 9.59 Å². The van der Waals surface area contributed by atoms with Crippen molar-refractivity contribution >= 4 is 11.8 Å². The molecule has 0 bridgehead atoms. The number of nitrogens with one attached hydrogen (secondary N) is 1. The fourth-order valence-corrected chi connectivity index (χ4v) is 4.14. The number of piperazine rings is 1. The predicted octanol–water partition coefficient (Wildman–Crippen LogP) is 0.598. The third-order valence-corrected chi connectivity index (χ3v) is 5.30. The van der Waals surface area contributed by atoms with Gasteiger partial charge < -0.3 is 15.1 Å². The molecule has 1 aliphatic carbocycles. The monoisotopic (exact) mass is 279 g/mol. The molecule has 0 aromatic carbocycles. The van der Waals surface area contributed by atoms with E-state index < -0.39 is 0 Å². The molecular formula is C15H25N3O2. The molecule has 2 aliphatic heterocycles. The van der Waals surface area contributed by atoms with Gasteiger partial charge in [0.15, 0.2) is 0 Å². The molecule has 1 N–H and O–H groups in total. The van der Waals surface area contributed by atoms with Crippen LogP contribution in [0.4, 0.5) is 0 Å². The Morgan fingerprint density at radius 2 is 2.05 bits per heavy atom. The lowest BCUT2D eigenvalue weighted by molar-refractivity contribution is -0.153. The number of carbonyl (C=O) groups is 2. The molecule has 3 aliphatic rings. The first-order valence-electron chi connectivity index (χ1n) is 7.96. The van der Waals surface area contributed by atoms with Gasteiger partial charge in [-0.2, -0.15) is 0 Å². The van der Waals surface area contributed by atoms with E-state index in [0.717, 1.165) is 32.4 Å². The number of hydrogen-bond donors (Lipinski definition) is 1. The zero-order chi connectivity index (χ0) is 14.1. The Morgan fingerprint density at radius 3 is 2.85 bits per heavy atom. The van der Waals surface area contributed by atoms with E-state index >= 15 is 0 Å². The van der Waals surface area contributed by atoms with Gasteiger partial charge in [0.1, 0.15) is 6.04 Å². The van der Waals surface area contributed by atoms with Gasteiger partial charge >= 0.3 is 0 Å². The van der Waals surface area contributed by atoms with Crippen molar-refractivity contribution in [3.8, 4) is 0 Å². The van der Waals surface area contributed by atoms with Crippen LogP contribution in [0, 0.1) is 5.92 Å². The fraction of sp³-hybridized carbons (Fsp3) is 0.867. The van der Waals surface area contributed by atoms with Crippen molar-refractivity contribution in [2.75, 3.05) is 26.7 Å². The van der Waals surface area contributed by atoms with Crippen molar-refractivity contribution in [1.82, 2.24) is 15.1 Å². The molecule has 3 rings (SSSR count). The summed E-state index contributed by atoms with van der Waals surface area (Å²) in [5.74, 6) is 0.981. The number of nitrogens with zero attached hydrogens (tertiary/aromatic N) is 2. The van der Waals surface area contributed by atoms with Gasteiger partial charge in [0, 0.05) is 19.1 Å². The smallest absolute Gasteiger partial charge is 0.245 e. The van der Waals surface area contributed by atoms with Crippen LogP contribution in [-0.2, 0) is 9.59 Å². The topological polar surface area (TPSA) is 52.7 Å². The first-order chi connectivity index (χ1) is 9.70. The van der Waals surface area contributed by atoms with Crippen LogP contribution >= 0.6 is 0 Å². The maximum atomic E-state index is 12.4. The Morgan fingerprint density at radius 1 is 1.20 bits per heavy atom. The second kappa shape index (κ2) is 5.72. The summed E-state index contributed by atoms with van der Waals surface area (Å²) in [6, 6.07) is 0.438. The number of fused-ring (bicyclic) bond motifs is 1. The quantitative estimate of drug-likeness (QED) is 0.820. The summed E-state index contributed by atoms with van der Waals surface area (Å²) in [6.07, 6.45) is 6.61. The minimum absolute atomic E-state index is 0.142. The van der Waals surface area contributed by atoms with Gasteiger partial charge in [0.05, 0.1) is 6.54 Å². The first kappa shape index (κ1) is 13.9. The molecular weight excluding hydrogens is 254 g/mol. The van der Waals surface area contributed by atoms with Crippen molar-refractivity contribution in [3.05, 3.63) is 0 Å². The number of amides is 2. The molecule has 112 valence electrons. The largest absolute Gasteiger partial charge is 0.332 e. The van der Waals surface area contributed by atoms with E-state index in [4.69, 9.17) is 0 Å². The summed E-state index contributed by atoms with van der Waals surface area (Å²) < 4.78 is 0. The molecule has 3 fully saturated rings. The minimum Gasteiger partial charge on any atom is -0.332 e. The summed E-state index contributed by atoms with van der Waals surface area (Å²) in [4.78, 5) is 28.1. The molecule has 2 saturated heterocycles. The lowest BCUT2D eigenvalue weighted by Gasteiger charge is -2.37. The summed E-state index contributed by atoms with van der Waals surface area (Å²) in [5.41, 5.74) is 0. The highest BCUT2D eigenvalue weighted by atomic mass is 16.2. The number of rotatable bonds is 4. The molecule has 2 amide bonds. The molecule has 0 aromatic heterocycles. The summed E-state index contributed by atoms with van der Waals surface area (Å²) in [5, 5.41) is 3.38. The average Bonchev–Trinajstić information content (AvgIpc) is 3.09. The molecule has 1 saturated carbocycles. The van der Waals surface area contributed by atoms with Crippen molar-refractivity contribution in [2.45, 2.75) is 50.6 Å². The van der Waals surface area contributed by atoms with Gasteiger partial charge in [-0.05, 0) is 45.1 Å². The summed E-state index contributed by atoms with van der Waals surface area (Å²) >= 11 is 0. The lowest BCUT2D eigenvalue weighted by Crippen LogP contribution is -2.57. The first-order valence-corrected chi connectivity index (χ1v) is 7.96. The zero-order valence-electron chi connectivity index (χ0n) is 12.3. The molecule has 3 unspecified atom stereocenters. The molecule has 20 heavy (non-hydrogen) atoms. The van der Waals surface area contributed by atoms with Crippen molar-refractivity contribution in [1.29, 1.82) is 0 Å². The third-order valence-electron chi connectivity index (χ3n) is 5.30. The molecule has 0 spiro atoms. The SMILES string of the molecule is CNC1CCCC1CCN1CC(=O)N2CCCC2C1=O. The van der Waals surface area contributed by atoms with Gasteiger partial charge in [0.2, 0.25) is 11.8 Å². The number of hydrogen-bond acceptors (Lipinski definition) is 3. The Kier molecular flexibility index (Phi) is 3.96. The van der Waals surface area contributed by atoms with E-state index in [1.54, 1.807) is 9.80 Å². The van der Waals surface area contributed by atoms with Crippen LogP contribution < -0.4 is 5.32 Å². The number of carbonyl (C=O) groups excluding carboxylic acids is 2. The third kappa shape index (κ3) is 2.43. The van der Waals surface area contributed by atoms with Crippen LogP contribution in [0.3, 0.4) is 0 Å². The van der Waals surface area contributed by atoms with Crippen LogP contribution in [0.2, 0.25) is 0 Å². The van der Waals surface area contributed by atoms with Crippen LogP contribution in [0.15, 0.2) is 0 Å². The second-order valence-electron chi connectivity index (χ2n) is 6.38. The van der Waals surface area contributed by atoms with E-state index in [2.05, 4.69) is 5.32 Å². The predicted molar refractivity (Wildman–Crippen MR) is 76.1 cm³/mol. The Hall–Kier alpha value is -1.10. The van der Waals surface area contributed by atoms with Crippen LogP contribution in [0.25, 0.3) is 0 Å². The zero-order valence-corrected chi connectivity index (χ0v) is 12.3. The summed E-state index contributed by atoms with van der Waals surface area (Å²) in [7, 11) is 2.02. The Balaban J connectivity index is 1.57. The van der Waals surface area contributed by atoms with Gasteiger partial charge in [-0.1, -0.05) is 6.42 Å². The highest BCUT2D eigenvalue weighted by Crippen LogP contribution is 2.29. The molecule has 0 aromatic rings. The van der Waals surface area contributed by atoms with Crippen LogP contribution in [0.5, 0.6) is 0 Å². The van der Waals surface area contributed by atoms with E-state index in [1.807, 2.05) is 7.05 Å². The van der Waals surface area contributed by atoms with Crippen molar-refractivity contribution < 1.29 is 9.59 Å². The second-order valence-corrected chi connectivity index (χ2v) is 6.38. The molecule has 5 heteroatoms. The van der Waals surface area contributed by atoms with Gasteiger partial charge in [0.25, 0.3) is 0 Å². The maximum Gasteiger partial charge on any atom is 0.245 e. The molecule has 0 radical (unpaired) electrons. The molecule has 5 nitrogen and oxygen atoms in total. The van der Waals surface area contributed by atoms with Crippen molar-refractivity contribution in [2.24, 2.45) is 5.92 Å². The highest BCUT2D eigenvalue weighted by molar-refractivity contribution is 5.95. The standard InChI is InChI=1S/C15H25N3O2/c1-16-12-5-2-4-11(12)7-9-17-10-14(19)18-8-3-6-13(18)15(17)20/h11-13,16H,2-10H2,1H3. The normalized spacial score (nSPS) is 34.0. The summed E-state index contributed by atoms with van der Waals surface area (Å²) in [6.45, 7) is 1.82. The Labute approximate surface area is 120 Å². The average molecular weight is 279 g/mol. The van der Waals surface area contributed by atoms with Gasteiger partial charge in [-0.15, -0.1) is 0 Å². The van der Waals surface area contributed by atoms with E-state index in [-0.39, 0.29) is 17.9 Å². The minimum atomic E-state index is -0.153. The molecule has 2 heterocycles. The van der Waals surface area contributed by atoms with Crippen LogP contribution in [-0.4, -0.2) is 60.4 Å². The highest BCUT2D eigenvalue weighted by Gasteiger charge is 2.41. The van der Waals surface area contributed by atoms with Gasteiger partial charge in [-0.25, -0.2) is 0 Å². The Bertz CT molecular complexity index is 399. The lowest BCUT2D eigenvalue weighted by atomic mass is 9.99. The van der Waals surface area contributed by atoms with Crippen molar-refractivity contribution in [3.63, 3.8) is 0 Å². The fourth-order valence-electron chi connectivity index (χ4n) is 4.14. The van der Waals surface area contributed by atoms with E-state index in [0.29, 0.717) is 18.5 Å². The van der Waals surface area contributed by atoms with E-state index in [1.165, 1.54) is 19.3 Å². The van der Waals surface area contributed by atoms with Crippen LogP contribution in [0.1, 0.15) is 38.5 Å². The molecule has 3 atom stereocenters.